The summed E-state index contributed by atoms with van der Waals surface area (Å²) >= 11 is 3.08. The monoisotopic (exact) mass is 320 g/mol. The van der Waals surface area contributed by atoms with Crippen LogP contribution in [0.3, 0.4) is 0 Å². The van der Waals surface area contributed by atoms with Gasteiger partial charge in [-0.2, -0.15) is 5.10 Å². The first-order valence-electron chi connectivity index (χ1n) is 5.50. The van der Waals surface area contributed by atoms with Gasteiger partial charge in [0.25, 0.3) is 5.91 Å². The maximum Gasteiger partial charge on any atom is 0.271 e. The van der Waals surface area contributed by atoms with Gasteiger partial charge in [0.15, 0.2) is 0 Å². The van der Waals surface area contributed by atoms with Gasteiger partial charge >= 0.3 is 0 Å². The lowest BCUT2D eigenvalue weighted by Gasteiger charge is -1.99. The quantitative estimate of drug-likeness (QED) is 0.684. The number of halogens is 2. The Morgan fingerprint density at radius 1 is 1.21 bits per heavy atom. The number of carbonyl (C=O) groups excluding carboxylic acids is 1. The highest BCUT2D eigenvalue weighted by atomic mass is 79.9. The summed E-state index contributed by atoms with van der Waals surface area (Å²) in [5.74, 6) is -0.636. The first-order valence-corrected chi connectivity index (χ1v) is 6.29. The molecule has 3 nitrogen and oxygen atoms in total. The summed E-state index contributed by atoms with van der Waals surface area (Å²) in [7, 11) is 0. The molecule has 1 N–H and O–H groups in total. The number of amides is 1. The molecule has 2 rings (SSSR count). The number of hydrazone groups is 1. The normalized spacial score (nSPS) is 10.6. The molecule has 1 amide bonds. The second-order valence-electron chi connectivity index (χ2n) is 3.74. The Morgan fingerprint density at radius 2 is 1.95 bits per heavy atom. The van der Waals surface area contributed by atoms with E-state index in [2.05, 4.69) is 26.5 Å². The molecule has 0 spiro atoms. The lowest BCUT2D eigenvalue weighted by Crippen LogP contribution is -2.17. The molecule has 0 saturated carbocycles. The number of benzene rings is 2. The zero-order valence-corrected chi connectivity index (χ0v) is 11.4. The van der Waals surface area contributed by atoms with Crippen LogP contribution in [0.4, 0.5) is 4.39 Å². The summed E-state index contributed by atoms with van der Waals surface area (Å²) in [5.41, 5.74) is 3.61. The summed E-state index contributed by atoms with van der Waals surface area (Å²) in [6.07, 6.45) is 1.45. The van der Waals surface area contributed by atoms with E-state index in [9.17, 15) is 9.18 Å². The standard InChI is InChI=1S/C14H10BrFN2O/c15-12-8-10(6-7-13(12)16)9-17-18-14(19)11-4-2-1-3-5-11/h1-9H,(H,18,19)/b17-9+. The molecule has 96 valence electrons. The first kappa shape index (κ1) is 13.4. The van der Waals surface area contributed by atoms with Crippen molar-refractivity contribution < 1.29 is 9.18 Å². The molecule has 0 aliphatic heterocycles. The van der Waals surface area contributed by atoms with Crippen LogP contribution in [0.15, 0.2) is 58.1 Å². The molecule has 0 unspecified atom stereocenters. The fourth-order valence-electron chi connectivity index (χ4n) is 1.41. The van der Waals surface area contributed by atoms with Crippen LogP contribution in [0.1, 0.15) is 15.9 Å². The molecule has 0 saturated heterocycles. The predicted octanol–water partition coefficient (Wildman–Crippen LogP) is 3.35. The number of hydrogen-bond donors (Lipinski definition) is 1. The molecule has 0 radical (unpaired) electrons. The van der Waals surface area contributed by atoms with Crippen LogP contribution in [0, 0.1) is 5.82 Å². The SMILES string of the molecule is O=C(N/N=C/c1ccc(F)c(Br)c1)c1ccccc1. The molecule has 0 aromatic heterocycles. The average molecular weight is 321 g/mol. The summed E-state index contributed by atoms with van der Waals surface area (Å²) < 4.78 is 13.4. The highest BCUT2D eigenvalue weighted by Gasteiger charge is 2.02. The highest BCUT2D eigenvalue weighted by Crippen LogP contribution is 2.15. The Hall–Kier alpha value is -2.01. The van der Waals surface area contributed by atoms with E-state index in [4.69, 9.17) is 0 Å². The molecule has 19 heavy (non-hydrogen) atoms. The molecule has 0 aliphatic carbocycles. The first-order chi connectivity index (χ1) is 9.16. The number of nitrogens with one attached hydrogen (secondary N) is 1. The molecule has 0 aliphatic rings. The van der Waals surface area contributed by atoms with Gasteiger partial charge in [-0.25, -0.2) is 9.82 Å². The second kappa shape index (κ2) is 6.24. The van der Waals surface area contributed by atoms with Gasteiger partial charge in [0.05, 0.1) is 10.7 Å². The lowest BCUT2D eigenvalue weighted by atomic mass is 10.2. The summed E-state index contributed by atoms with van der Waals surface area (Å²) in [5, 5.41) is 3.82. The molecule has 0 atom stereocenters. The van der Waals surface area contributed by atoms with Crippen molar-refractivity contribution in [3.63, 3.8) is 0 Å². The van der Waals surface area contributed by atoms with E-state index >= 15 is 0 Å². The molecular formula is C14H10BrFN2O. The fraction of sp³-hybridized carbons (Fsp3) is 0. The fourth-order valence-corrected chi connectivity index (χ4v) is 1.81. The number of rotatable bonds is 3. The number of carbonyl (C=O) groups is 1. The van der Waals surface area contributed by atoms with Crippen molar-refractivity contribution in [3.05, 3.63) is 69.9 Å². The molecule has 5 heteroatoms. The third-order valence-electron chi connectivity index (χ3n) is 2.36. The minimum Gasteiger partial charge on any atom is -0.267 e. The molecule has 0 bridgehead atoms. The zero-order valence-electron chi connectivity index (χ0n) is 9.81. The van der Waals surface area contributed by atoms with E-state index in [1.807, 2.05) is 6.07 Å². The van der Waals surface area contributed by atoms with E-state index in [-0.39, 0.29) is 11.7 Å². The number of hydrogen-bond acceptors (Lipinski definition) is 2. The van der Waals surface area contributed by atoms with Crippen molar-refractivity contribution in [3.8, 4) is 0 Å². The highest BCUT2D eigenvalue weighted by molar-refractivity contribution is 9.10. The Labute approximate surface area is 118 Å². The Kier molecular flexibility index (Phi) is 4.41. The van der Waals surface area contributed by atoms with Gasteiger partial charge in [-0.1, -0.05) is 24.3 Å². The van der Waals surface area contributed by atoms with Crippen molar-refractivity contribution in [2.75, 3.05) is 0 Å². The van der Waals surface area contributed by atoms with Crippen molar-refractivity contribution in [1.82, 2.24) is 5.43 Å². The van der Waals surface area contributed by atoms with Crippen LogP contribution >= 0.6 is 15.9 Å². The van der Waals surface area contributed by atoms with Crippen LogP contribution in [0.2, 0.25) is 0 Å². The average Bonchev–Trinajstić information content (AvgIpc) is 2.43. The van der Waals surface area contributed by atoms with Crippen LogP contribution in [0.5, 0.6) is 0 Å². The largest absolute Gasteiger partial charge is 0.271 e. The van der Waals surface area contributed by atoms with Crippen LogP contribution in [0.25, 0.3) is 0 Å². The Balaban J connectivity index is 2.00. The Bertz CT molecular complexity index is 614. The van der Waals surface area contributed by atoms with Gasteiger partial charge in [0.2, 0.25) is 0 Å². The van der Waals surface area contributed by atoms with E-state index in [1.54, 1.807) is 36.4 Å². The molecule has 2 aromatic rings. The van der Waals surface area contributed by atoms with E-state index in [0.717, 1.165) is 0 Å². The maximum atomic E-state index is 13.0. The lowest BCUT2D eigenvalue weighted by molar-refractivity contribution is 0.0955. The third-order valence-corrected chi connectivity index (χ3v) is 2.97. The zero-order chi connectivity index (χ0) is 13.7. The van der Waals surface area contributed by atoms with E-state index in [0.29, 0.717) is 15.6 Å². The minimum absolute atomic E-state index is 0.293. The number of nitrogens with zero attached hydrogens (tertiary/aromatic N) is 1. The van der Waals surface area contributed by atoms with E-state index in [1.165, 1.54) is 12.3 Å². The van der Waals surface area contributed by atoms with E-state index < -0.39 is 0 Å². The minimum atomic E-state index is -0.342. The molecular weight excluding hydrogens is 311 g/mol. The van der Waals surface area contributed by atoms with Crippen LogP contribution < -0.4 is 5.43 Å². The summed E-state index contributed by atoms with van der Waals surface area (Å²) in [6, 6.07) is 13.2. The van der Waals surface area contributed by atoms with Crippen molar-refractivity contribution in [2.24, 2.45) is 5.10 Å². The van der Waals surface area contributed by atoms with Gasteiger partial charge in [0.1, 0.15) is 5.82 Å². The third kappa shape index (κ3) is 3.72. The van der Waals surface area contributed by atoms with Gasteiger partial charge < -0.3 is 0 Å². The molecule has 2 aromatic carbocycles. The molecule has 0 heterocycles. The smallest absolute Gasteiger partial charge is 0.267 e. The topological polar surface area (TPSA) is 41.5 Å². The predicted molar refractivity (Wildman–Crippen MR) is 75.6 cm³/mol. The Morgan fingerprint density at radius 3 is 2.63 bits per heavy atom. The van der Waals surface area contributed by atoms with Crippen molar-refractivity contribution in [2.45, 2.75) is 0 Å². The van der Waals surface area contributed by atoms with Crippen LogP contribution in [-0.2, 0) is 0 Å². The maximum absolute atomic E-state index is 13.0. The van der Waals surface area contributed by atoms with Crippen molar-refractivity contribution >= 4 is 28.1 Å². The summed E-state index contributed by atoms with van der Waals surface area (Å²) in [4.78, 5) is 11.7. The van der Waals surface area contributed by atoms with Crippen LogP contribution in [-0.4, -0.2) is 12.1 Å². The van der Waals surface area contributed by atoms with Gasteiger partial charge in [-0.3, -0.25) is 4.79 Å². The van der Waals surface area contributed by atoms with Gasteiger partial charge in [0, 0.05) is 5.56 Å². The second-order valence-corrected chi connectivity index (χ2v) is 4.59. The van der Waals surface area contributed by atoms with Crippen molar-refractivity contribution in [1.29, 1.82) is 0 Å². The summed E-state index contributed by atoms with van der Waals surface area (Å²) in [6.45, 7) is 0. The van der Waals surface area contributed by atoms with Gasteiger partial charge in [-0.05, 0) is 45.8 Å². The molecule has 0 fully saturated rings. The van der Waals surface area contributed by atoms with Gasteiger partial charge in [-0.15, -0.1) is 0 Å².